The number of hydrogen-bond donors (Lipinski definition) is 1. The van der Waals surface area contributed by atoms with Crippen molar-refractivity contribution >= 4 is 23.5 Å². The summed E-state index contributed by atoms with van der Waals surface area (Å²) in [6.07, 6.45) is -0.144. The molecule has 1 amide bonds. The Bertz CT molecular complexity index is 979. The van der Waals surface area contributed by atoms with Crippen molar-refractivity contribution in [2.45, 2.75) is 12.0 Å². The van der Waals surface area contributed by atoms with Gasteiger partial charge in [0, 0.05) is 17.5 Å². The second-order valence-corrected chi connectivity index (χ2v) is 6.21. The number of aliphatic carboxylic acids is 1. The summed E-state index contributed by atoms with van der Waals surface area (Å²) >= 11 is 0. The maximum atomic E-state index is 13.1. The zero-order chi connectivity index (χ0) is 18.5. The van der Waals surface area contributed by atoms with Crippen LogP contribution in [0.5, 0.6) is 0 Å². The molecule has 2 aliphatic rings. The molecule has 0 bridgehead atoms. The molecule has 4 rings (SSSR count). The van der Waals surface area contributed by atoms with Gasteiger partial charge in [0.15, 0.2) is 5.54 Å². The second kappa shape index (κ2) is 5.56. The van der Waals surface area contributed by atoms with Crippen molar-refractivity contribution in [3.63, 3.8) is 0 Å². The van der Waals surface area contributed by atoms with Gasteiger partial charge < -0.3 is 9.84 Å². The Balaban J connectivity index is 2.03. The van der Waals surface area contributed by atoms with E-state index in [9.17, 15) is 19.5 Å². The quantitative estimate of drug-likeness (QED) is 0.861. The minimum atomic E-state index is -1.53. The number of fused-ring (bicyclic) bond motifs is 3. The van der Waals surface area contributed by atoms with Crippen molar-refractivity contribution in [3.05, 3.63) is 76.9 Å². The average molecular weight is 349 g/mol. The van der Waals surface area contributed by atoms with E-state index in [-0.39, 0.29) is 17.7 Å². The van der Waals surface area contributed by atoms with Crippen molar-refractivity contribution in [3.8, 4) is 0 Å². The van der Waals surface area contributed by atoms with E-state index in [1.54, 1.807) is 54.6 Å². The smallest absolute Gasteiger partial charge is 0.337 e. The highest BCUT2D eigenvalue weighted by Gasteiger charge is 2.60. The molecule has 0 aliphatic carbocycles. The van der Waals surface area contributed by atoms with Crippen LogP contribution in [-0.2, 0) is 19.9 Å². The van der Waals surface area contributed by atoms with Crippen LogP contribution in [-0.4, -0.2) is 35.0 Å². The average Bonchev–Trinajstić information content (AvgIpc) is 3.18. The third-order valence-corrected chi connectivity index (χ3v) is 4.97. The number of hydrogen-bond acceptors (Lipinski definition) is 4. The summed E-state index contributed by atoms with van der Waals surface area (Å²) in [6, 6.07) is 15.5. The van der Waals surface area contributed by atoms with Crippen LogP contribution < -0.4 is 0 Å². The van der Waals surface area contributed by atoms with E-state index in [2.05, 4.69) is 0 Å². The summed E-state index contributed by atoms with van der Waals surface area (Å²) in [7, 11) is 1.24. The van der Waals surface area contributed by atoms with E-state index in [0.29, 0.717) is 16.7 Å². The molecule has 0 saturated carbocycles. The van der Waals surface area contributed by atoms with Crippen molar-refractivity contribution in [2.24, 2.45) is 0 Å². The monoisotopic (exact) mass is 349 g/mol. The molecule has 2 aromatic rings. The molecule has 0 radical (unpaired) electrons. The Hall–Kier alpha value is -3.41. The number of carboxylic acid groups (broad SMARTS) is 1. The largest absolute Gasteiger partial charge is 0.478 e. The molecule has 130 valence electrons. The van der Waals surface area contributed by atoms with Gasteiger partial charge in [-0.3, -0.25) is 9.69 Å². The fraction of sp³-hybridized carbons (Fsp3) is 0.150. The number of methoxy groups -OCH3 is 1. The predicted molar refractivity (Wildman–Crippen MR) is 91.9 cm³/mol. The van der Waals surface area contributed by atoms with Gasteiger partial charge in [0.1, 0.15) is 0 Å². The van der Waals surface area contributed by atoms with Gasteiger partial charge in [-0.1, -0.05) is 48.5 Å². The molecule has 6 heteroatoms. The van der Waals surface area contributed by atoms with E-state index >= 15 is 0 Å². The number of carboxylic acids is 1. The summed E-state index contributed by atoms with van der Waals surface area (Å²) in [5.74, 6) is -2.23. The second-order valence-electron chi connectivity index (χ2n) is 6.21. The lowest BCUT2D eigenvalue weighted by molar-refractivity contribution is -0.152. The molecule has 0 spiro atoms. The number of rotatable bonds is 3. The zero-order valence-corrected chi connectivity index (χ0v) is 13.9. The van der Waals surface area contributed by atoms with Crippen molar-refractivity contribution in [1.82, 2.24) is 4.90 Å². The highest BCUT2D eigenvalue weighted by Crippen LogP contribution is 2.53. The normalized spacial score (nSPS) is 20.8. The molecule has 1 atom stereocenters. The summed E-state index contributed by atoms with van der Waals surface area (Å²) in [6.45, 7) is 0. The SMILES string of the molecule is COC(=O)C1(c2ccccc2)CC(C(=O)O)=C2c3ccccc3C(=O)N21. The maximum Gasteiger partial charge on any atom is 0.337 e. The fourth-order valence-corrected chi connectivity index (χ4v) is 3.87. The highest BCUT2D eigenvalue weighted by molar-refractivity contribution is 6.17. The summed E-state index contributed by atoms with van der Waals surface area (Å²) in [5, 5.41) is 9.76. The van der Waals surface area contributed by atoms with Crippen LogP contribution in [0.4, 0.5) is 0 Å². The van der Waals surface area contributed by atoms with Gasteiger partial charge in [-0.05, 0) is 11.6 Å². The number of amides is 1. The van der Waals surface area contributed by atoms with Crippen LogP contribution in [0.3, 0.4) is 0 Å². The molecule has 0 aromatic heterocycles. The van der Waals surface area contributed by atoms with Gasteiger partial charge in [-0.25, -0.2) is 9.59 Å². The van der Waals surface area contributed by atoms with Crippen LogP contribution >= 0.6 is 0 Å². The standard InChI is InChI=1S/C20H15NO5/c1-26-19(25)20(12-7-3-2-4-8-12)11-15(18(23)24)16-13-9-5-6-10-14(13)17(22)21(16)20/h2-10H,11H2,1H3,(H,23,24). The summed E-state index contributed by atoms with van der Waals surface area (Å²) in [4.78, 5) is 39.3. The van der Waals surface area contributed by atoms with E-state index < -0.39 is 23.4 Å². The molecule has 1 unspecified atom stereocenters. The molecule has 2 aromatic carbocycles. The Kier molecular flexibility index (Phi) is 3.44. The third-order valence-electron chi connectivity index (χ3n) is 4.97. The maximum absolute atomic E-state index is 13.1. The van der Waals surface area contributed by atoms with Gasteiger partial charge in [-0.15, -0.1) is 0 Å². The molecule has 6 nitrogen and oxygen atoms in total. The van der Waals surface area contributed by atoms with Crippen LogP contribution in [0, 0.1) is 0 Å². The number of esters is 1. The lowest BCUT2D eigenvalue weighted by Gasteiger charge is -2.35. The van der Waals surface area contributed by atoms with Gasteiger partial charge in [0.2, 0.25) is 0 Å². The van der Waals surface area contributed by atoms with E-state index in [0.717, 1.165) is 0 Å². The number of carbonyl (C=O) groups excluding carboxylic acids is 2. The number of benzene rings is 2. The van der Waals surface area contributed by atoms with Crippen molar-refractivity contribution in [2.75, 3.05) is 7.11 Å². The Morgan fingerprint density at radius 3 is 2.27 bits per heavy atom. The summed E-state index contributed by atoms with van der Waals surface area (Å²) < 4.78 is 5.02. The molecule has 26 heavy (non-hydrogen) atoms. The van der Waals surface area contributed by atoms with E-state index in [1.165, 1.54) is 12.0 Å². The lowest BCUT2D eigenvalue weighted by Crippen LogP contribution is -2.49. The van der Waals surface area contributed by atoms with Crippen LogP contribution in [0.1, 0.15) is 27.9 Å². The van der Waals surface area contributed by atoms with Gasteiger partial charge in [0.25, 0.3) is 5.91 Å². The first-order valence-electron chi connectivity index (χ1n) is 8.06. The first kappa shape index (κ1) is 16.1. The number of carbonyl (C=O) groups is 3. The molecular formula is C20H15NO5. The first-order valence-corrected chi connectivity index (χ1v) is 8.06. The number of ether oxygens (including phenoxy) is 1. The van der Waals surface area contributed by atoms with Crippen LogP contribution in [0.15, 0.2) is 60.2 Å². The summed E-state index contributed by atoms with van der Waals surface area (Å²) in [5.41, 5.74) is 0.184. The van der Waals surface area contributed by atoms with Crippen molar-refractivity contribution < 1.29 is 24.2 Å². The van der Waals surface area contributed by atoms with Gasteiger partial charge >= 0.3 is 11.9 Å². The molecule has 2 heterocycles. The van der Waals surface area contributed by atoms with Crippen molar-refractivity contribution in [1.29, 1.82) is 0 Å². The van der Waals surface area contributed by atoms with Crippen LogP contribution in [0.2, 0.25) is 0 Å². The zero-order valence-electron chi connectivity index (χ0n) is 13.9. The fourth-order valence-electron chi connectivity index (χ4n) is 3.87. The molecule has 1 N–H and O–H groups in total. The van der Waals surface area contributed by atoms with Gasteiger partial charge in [0.05, 0.1) is 18.4 Å². The molecule has 0 fully saturated rings. The third kappa shape index (κ3) is 1.89. The minimum Gasteiger partial charge on any atom is -0.478 e. The Labute approximate surface area is 149 Å². The molecule has 0 saturated heterocycles. The Morgan fingerprint density at radius 1 is 1.04 bits per heavy atom. The first-order chi connectivity index (χ1) is 12.5. The lowest BCUT2D eigenvalue weighted by atomic mass is 9.84. The molecular weight excluding hydrogens is 334 g/mol. The van der Waals surface area contributed by atoms with Gasteiger partial charge in [-0.2, -0.15) is 0 Å². The highest BCUT2D eigenvalue weighted by atomic mass is 16.5. The topological polar surface area (TPSA) is 83.9 Å². The molecule has 2 aliphatic heterocycles. The Morgan fingerprint density at radius 2 is 1.65 bits per heavy atom. The predicted octanol–water partition coefficient (Wildman–Crippen LogP) is 2.41. The minimum absolute atomic E-state index is 0.0255. The van der Waals surface area contributed by atoms with E-state index in [1.807, 2.05) is 0 Å². The number of nitrogens with zero attached hydrogens (tertiary/aromatic N) is 1. The van der Waals surface area contributed by atoms with Crippen LogP contribution in [0.25, 0.3) is 5.70 Å². The van der Waals surface area contributed by atoms with E-state index in [4.69, 9.17) is 4.74 Å².